The molecule has 0 bridgehead atoms. The maximum Gasteiger partial charge on any atom is 0.100 e. The van der Waals surface area contributed by atoms with Crippen molar-refractivity contribution in [1.29, 1.82) is 0 Å². The Hall–Kier alpha value is -0.160. The average Bonchev–Trinajstić information content (AvgIpc) is 2.37. The van der Waals surface area contributed by atoms with Crippen molar-refractivity contribution in [2.24, 2.45) is 5.73 Å². The zero-order chi connectivity index (χ0) is 13.4. The summed E-state index contributed by atoms with van der Waals surface area (Å²) in [5.41, 5.74) is 5.39. The van der Waals surface area contributed by atoms with Gasteiger partial charge in [0.1, 0.15) is 6.10 Å². The molecule has 4 heteroatoms. The summed E-state index contributed by atoms with van der Waals surface area (Å²) in [6, 6.07) is 0. The zero-order valence-electron chi connectivity index (χ0n) is 11.3. The van der Waals surface area contributed by atoms with Gasteiger partial charge in [0.2, 0.25) is 0 Å². The van der Waals surface area contributed by atoms with Crippen LogP contribution < -0.4 is 5.73 Å². The van der Waals surface area contributed by atoms with Crippen LogP contribution in [0.3, 0.4) is 0 Å². The first-order chi connectivity index (χ1) is 8.22. The molecule has 0 spiro atoms. The van der Waals surface area contributed by atoms with Gasteiger partial charge >= 0.3 is 0 Å². The summed E-state index contributed by atoms with van der Waals surface area (Å²) in [7, 11) is 0. The van der Waals surface area contributed by atoms with Crippen LogP contribution in [-0.4, -0.2) is 41.2 Å². The third-order valence-electron chi connectivity index (χ3n) is 2.48. The first kappa shape index (κ1) is 19.2. The van der Waals surface area contributed by atoms with Gasteiger partial charge in [-0.15, -0.1) is 0 Å². The monoisotopic (exact) mass is 249 g/mol. The van der Waals surface area contributed by atoms with Gasteiger partial charge in [0.25, 0.3) is 0 Å². The molecule has 0 aromatic heterocycles. The van der Waals surface area contributed by atoms with Crippen molar-refractivity contribution in [3.8, 4) is 0 Å². The molecule has 0 aromatic rings. The number of rotatable bonds is 10. The molecule has 0 aliphatic carbocycles. The van der Waals surface area contributed by atoms with Crippen LogP contribution in [0.4, 0.5) is 0 Å². The highest BCUT2D eigenvalue weighted by Crippen LogP contribution is 2.07. The van der Waals surface area contributed by atoms with Crippen molar-refractivity contribution >= 4 is 0 Å². The fourth-order valence-corrected chi connectivity index (χ4v) is 1.34. The minimum atomic E-state index is -0.954. The Morgan fingerprint density at radius 2 is 1.24 bits per heavy atom. The number of aliphatic hydroxyl groups excluding tert-OH is 3. The Labute approximate surface area is 106 Å². The van der Waals surface area contributed by atoms with Gasteiger partial charge in [-0.1, -0.05) is 51.9 Å². The first-order valence-electron chi connectivity index (χ1n) is 6.82. The SMILES string of the molecule is CCCCCCCCCCN.OCC(O)CO. The maximum atomic E-state index is 8.17. The van der Waals surface area contributed by atoms with Gasteiger partial charge in [-0.25, -0.2) is 0 Å². The van der Waals surface area contributed by atoms with E-state index in [2.05, 4.69) is 6.92 Å². The quantitative estimate of drug-likeness (QED) is 0.441. The molecule has 0 fully saturated rings. The molecule has 0 aliphatic rings. The van der Waals surface area contributed by atoms with Crippen molar-refractivity contribution < 1.29 is 15.3 Å². The van der Waals surface area contributed by atoms with Crippen molar-refractivity contribution in [3.63, 3.8) is 0 Å². The van der Waals surface area contributed by atoms with E-state index in [1.807, 2.05) is 0 Å². The second-order valence-corrected chi connectivity index (χ2v) is 4.28. The lowest BCUT2D eigenvalue weighted by Crippen LogP contribution is -2.15. The number of unbranched alkanes of at least 4 members (excludes halogenated alkanes) is 7. The van der Waals surface area contributed by atoms with Crippen LogP contribution in [0.15, 0.2) is 0 Å². The average molecular weight is 249 g/mol. The molecule has 0 aliphatic heterocycles. The lowest BCUT2D eigenvalue weighted by Gasteiger charge is -1.99. The number of aliphatic hydroxyl groups is 3. The van der Waals surface area contributed by atoms with E-state index in [9.17, 15) is 0 Å². The highest BCUT2D eigenvalue weighted by molar-refractivity contribution is 4.45. The molecule has 0 heterocycles. The molecule has 0 rings (SSSR count). The Morgan fingerprint density at radius 3 is 1.53 bits per heavy atom. The fraction of sp³-hybridized carbons (Fsp3) is 1.00. The second-order valence-electron chi connectivity index (χ2n) is 4.28. The summed E-state index contributed by atoms with van der Waals surface area (Å²) >= 11 is 0. The topological polar surface area (TPSA) is 86.7 Å². The van der Waals surface area contributed by atoms with E-state index in [0.717, 1.165) is 6.54 Å². The molecule has 5 N–H and O–H groups in total. The molecule has 0 atom stereocenters. The first-order valence-corrected chi connectivity index (χ1v) is 6.82. The molecule has 0 unspecified atom stereocenters. The minimum absolute atomic E-state index is 0.365. The summed E-state index contributed by atoms with van der Waals surface area (Å²) < 4.78 is 0. The molecule has 0 saturated carbocycles. The lowest BCUT2D eigenvalue weighted by atomic mass is 10.1. The molecule has 106 valence electrons. The Bertz CT molecular complexity index is 111. The van der Waals surface area contributed by atoms with Crippen molar-refractivity contribution in [1.82, 2.24) is 0 Å². The Kier molecular flexibility index (Phi) is 20.6. The van der Waals surface area contributed by atoms with Gasteiger partial charge in [0.05, 0.1) is 13.2 Å². The van der Waals surface area contributed by atoms with Gasteiger partial charge < -0.3 is 21.1 Å². The van der Waals surface area contributed by atoms with Gasteiger partial charge in [-0.2, -0.15) is 0 Å². The van der Waals surface area contributed by atoms with Crippen LogP contribution in [0.5, 0.6) is 0 Å². The summed E-state index contributed by atoms with van der Waals surface area (Å²) in [4.78, 5) is 0. The largest absolute Gasteiger partial charge is 0.394 e. The molecule has 17 heavy (non-hydrogen) atoms. The normalized spacial score (nSPS) is 10.2. The summed E-state index contributed by atoms with van der Waals surface area (Å²) in [5.74, 6) is 0. The third kappa shape index (κ3) is 21.6. The van der Waals surface area contributed by atoms with E-state index in [1.165, 1.54) is 51.4 Å². The van der Waals surface area contributed by atoms with E-state index >= 15 is 0 Å². The molecule has 0 amide bonds. The standard InChI is InChI=1S/C10H23N.C3H8O3/c1-2-3-4-5-6-7-8-9-10-11;4-1-3(6)2-5/h2-11H2,1H3;3-6H,1-2H2. The van der Waals surface area contributed by atoms with Crippen LogP contribution >= 0.6 is 0 Å². The zero-order valence-corrected chi connectivity index (χ0v) is 11.3. The predicted molar refractivity (Wildman–Crippen MR) is 71.8 cm³/mol. The van der Waals surface area contributed by atoms with E-state index < -0.39 is 6.10 Å². The van der Waals surface area contributed by atoms with Crippen molar-refractivity contribution in [2.75, 3.05) is 19.8 Å². The molecular formula is C13H31NO3. The number of hydrogen-bond donors (Lipinski definition) is 4. The second kappa shape index (κ2) is 18.2. The summed E-state index contributed by atoms with van der Waals surface area (Å²) in [6.45, 7) is 2.40. The minimum Gasteiger partial charge on any atom is -0.394 e. The number of nitrogens with two attached hydrogens (primary N) is 1. The molecule has 0 saturated heterocycles. The Balaban J connectivity index is 0. The van der Waals surface area contributed by atoms with Crippen LogP contribution in [0.25, 0.3) is 0 Å². The highest BCUT2D eigenvalue weighted by Gasteiger charge is 1.93. The van der Waals surface area contributed by atoms with E-state index in [4.69, 9.17) is 21.1 Å². The van der Waals surface area contributed by atoms with Gasteiger partial charge in [-0.3, -0.25) is 0 Å². The van der Waals surface area contributed by atoms with E-state index in [1.54, 1.807) is 0 Å². The van der Waals surface area contributed by atoms with E-state index in [0.29, 0.717) is 0 Å². The number of hydrogen-bond acceptors (Lipinski definition) is 4. The van der Waals surface area contributed by atoms with Crippen LogP contribution in [-0.2, 0) is 0 Å². The van der Waals surface area contributed by atoms with Gasteiger partial charge in [0.15, 0.2) is 0 Å². The molecular weight excluding hydrogens is 218 g/mol. The third-order valence-corrected chi connectivity index (χ3v) is 2.48. The van der Waals surface area contributed by atoms with Crippen LogP contribution in [0.2, 0.25) is 0 Å². The molecule has 0 aromatic carbocycles. The lowest BCUT2D eigenvalue weighted by molar-refractivity contribution is 0.0450. The van der Waals surface area contributed by atoms with Crippen LogP contribution in [0, 0.1) is 0 Å². The van der Waals surface area contributed by atoms with Crippen molar-refractivity contribution in [3.05, 3.63) is 0 Å². The summed E-state index contributed by atoms with van der Waals surface area (Å²) in [5, 5.41) is 24.0. The Morgan fingerprint density at radius 1 is 0.824 bits per heavy atom. The predicted octanol–water partition coefficient (Wildman–Crippen LogP) is 1.42. The highest BCUT2D eigenvalue weighted by atomic mass is 16.3. The van der Waals surface area contributed by atoms with Gasteiger partial charge in [-0.05, 0) is 13.0 Å². The van der Waals surface area contributed by atoms with Crippen molar-refractivity contribution in [2.45, 2.75) is 64.4 Å². The van der Waals surface area contributed by atoms with E-state index in [-0.39, 0.29) is 13.2 Å². The summed E-state index contributed by atoms with van der Waals surface area (Å²) in [6.07, 6.45) is 10.0. The molecule has 4 nitrogen and oxygen atoms in total. The fourth-order valence-electron chi connectivity index (χ4n) is 1.34. The maximum absolute atomic E-state index is 8.17. The van der Waals surface area contributed by atoms with Crippen LogP contribution in [0.1, 0.15) is 58.3 Å². The smallest absolute Gasteiger partial charge is 0.100 e. The molecule has 0 radical (unpaired) electrons. The van der Waals surface area contributed by atoms with Gasteiger partial charge in [0, 0.05) is 0 Å².